The molecule has 0 saturated heterocycles. The van der Waals surface area contributed by atoms with Gasteiger partial charge in [-0.3, -0.25) is 0 Å². The molecule has 1 aromatic carbocycles. The van der Waals surface area contributed by atoms with Gasteiger partial charge in [-0.05, 0) is 18.2 Å². The van der Waals surface area contributed by atoms with Gasteiger partial charge in [-0.15, -0.1) is 5.10 Å². The number of pyridine rings is 1. The second kappa shape index (κ2) is 8.40. The van der Waals surface area contributed by atoms with Gasteiger partial charge in [-0.25, -0.2) is 4.98 Å². The number of aromatic nitrogens is 4. The Hall–Kier alpha value is -2.45. The van der Waals surface area contributed by atoms with Crippen LogP contribution in [0.15, 0.2) is 24.4 Å². The minimum absolute atomic E-state index is 0.323. The Morgan fingerprint density at radius 2 is 1.24 bits per heavy atom. The molecular weight excluding hydrogens is 540 g/mol. The number of hydrogen-bond acceptors (Lipinski definition) is 4. The Balaban J connectivity index is 2.15. The highest BCUT2D eigenvalue weighted by Crippen LogP contribution is 2.40. The predicted octanol–water partition coefficient (Wildman–Crippen LogP) is 7.42. The first-order chi connectivity index (χ1) is 15.0. The molecule has 0 aliphatic rings. The third-order valence-electron chi connectivity index (χ3n) is 3.82. The topological polar surface area (TPSA) is 55.6 Å². The highest BCUT2D eigenvalue weighted by molar-refractivity contribution is 6.38. The van der Waals surface area contributed by atoms with Gasteiger partial charge in [0.1, 0.15) is 5.69 Å². The number of nitrogens with zero attached hydrogens (tertiary/aromatic N) is 4. The molecule has 0 aliphatic heterocycles. The van der Waals surface area contributed by atoms with Crippen LogP contribution in [0.1, 0.15) is 17.0 Å². The van der Waals surface area contributed by atoms with E-state index >= 15 is 0 Å². The molecule has 3 rings (SSSR count). The zero-order valence-electron chi connectivity index (χ0n) is 15.1. The quantitative estimate of drug-likeness (QED) is 0.349. The minimum atomic E-state index is -5.12. The molecule has 0 radical (unpaired) electrons. The maximum Gasteiger partial charge on any atom is 0.453 e. The van der Waals surface area contributed by atoms with Crippen LogP contribution in [0.3, 0.4) is 0 Å². The molecular formula is C16H5Cl3F9N5. The summed E-state index contributed by atoms with van der Waals surface area (Å²) in [7, 11) is 0. The normalized spacial score (nSPS) is 12.8. The van der Waals surface area contributed by atoms with Crippen LogP contribution in [0, 0.1) is 0 Å². The van der Waals surface area contributed by atoms with Crippen LogP contribution in [0.4, 0.5) is 51.3 Å². The molecule has 0 spiro atoms. The van der Waals surface area contributed by atoms with E-state index in [1.54, 1.807) is 0 Å². The molecule has 3 aromatic rings. The van der Waals surface area contributed by atoms with Crippen molar-refractivity contribution in [2.75, 3.05) is 5.32 Å². The fraction of sp³-hybridized carbons (Fsp3) is 0.188. The maximum absolute atomic E-state index is 13.2. The molecule has 17 heteroatoms. The highest BCUT2D eigenvalue weighted by Gasteiger charge is 2.39. The van der Waals surface area contributed by atoms with E-state index in [0.717, 1.165) is 0 Å². The lowest BCUT2D eigenvalue weighted by atomic mass is 10.2. The van der Waals surface area contributed by atoms with Crippen LogP contribution in [-0.2, 0) is 18.5 Å². The van der Waals surface area contributed by atoms with E-state index in [0.29, 0.717) is 29.1 Å². The van der Waals surface area contributed by atoms with E-state index in [4.69, 9.17) is 34.8 Å². The van der Waals surface area contributed by atoms with E-state index in [-0.39, 0.29) is 0 Å². The highest BCUT2D eigenvalue weighted by atomic mass is 35.5. The van der Waals surface area contributed by atoms with Crippen LogP contribution in [-0.4, -0.2) is 19.7 Å². The van der Waals surface area contributed by atoms with Crippen LogP contribution in [0.2, 0.25) is 15.1 Å². The summed E-state index contributed by atoms with van der Waals surface area (Å²) in [5.74, 6) is -3.17. The molecule has 2 aromatic heterocycles. The van der Waals surface area contributed by atoms with Gasteiger partial charge in [-0.1, -0.05) is 34.8 Å². The summed E-state index contributed by atoms with van der Waals surface area (Å²) >= 11 is 17.4. The molecule has 2 heterocycles. The smallest absolute Gasteiger partial charge is 0.307 e. The lowest BCUT2D eigenvalue weighted by Crippen LogP contribution is -2.11. The second-order valence-corrected chi connectivity index (χ2v) is 7.35. The molecule has 33 heavy (non-hydrogen) atoms. The Bertz CT molecular complexity index is 1180. The third-order valence-corrected chi connectivity index (χ3v) is 4.68. The first-order valence-corrected chi connectivity index (χ1v) is 9.22. The van der Waals surface area contributed by atoms with E-state index in [1.165, 1.54) is 0 Å². The zero-order chi connectivity index (χ0) is 24.9. The van der Waals surface area contributed by atoms with Crippen molar-refractivity contribution in [3.8, 4) is 5.69 Å². The lowest BCUT2D eigenvalue weighted by molar-refractivity contribution is -0.144. The number of rotatable bonds is 3. The molecule has 178 valence electrons. The fourth-order valence-corrected chi connectivity index (χ4v) is 3.25. The fourth-order valence-electron chi connectivity index (χ4n) is 2.39. The summed E-state index contributed by atoms with van der Waals surface area (Å²) < 4.78 is 117. The monoisotopic (exact) mass is 543 g/mol. The van der Waals surface area contributed by atoms with Crippen molar-refractivity contribution in [2.45, 2.75) is 18.5 Å². The third kappa shape index (κ3) is 5.38. The maximum atomic E-state index is 13.2. The molecule has 0 unspecified atom stereocenters. The Morgan fingerprint density at radius 3 is 1.70 bits per heavy atom. The number of alkyl halides is 9. The SMILES string of the molecule is FC(F)(F)c1cnc(Nc2nc(C(F)(F)F)nn2-c2c(Cl)cc(C(F)(F)F)cc2Cl)c(Cl)c1. The largest absolute Gasteiger partial charge is 0.453 e. The number of hydrogen-bond donors (Lipinski definition) is 1. The van der Waals surface area contributed by atoms with Gasteiger partial charge in [0.05, 0.1) is 26.2 Å². The lowest BCUT2D eigenvalue weighted by Gasteiger charge is -2.14. The number of nitrogens with one attached hydrogen (secondary N) is 1. The summed E-state index contributed by atoms with van der Waals surface area (Å²) in [6.45, 7) is 0. The van der Waals surface area contributed by atoms with Crippen molar-refractivity contribution in [1.29, 1.82) is 0 Å². The minimum Gasteiger partial charge on any atom is -0.307 e. The summed E-state index contributed by atoms with van der Waals surface area (Å²) in [6, 6.07) is 1.23. The van der Waals surface area contributed by atoms with E-state index in [9.17, 15) is 39.5 Å². The van der Waals surface area contributed by atoms with Gasteiger partial charge in [-0.2, -0.15) is 49.2 Å². The summed E-state index contributed by atoms with van der Waals surface area (Å²) in [4.78, 5) is 6.57. The van der Waals surface area contributed by atoms with Crippen LogP contribution in [0.25, 0.3) is 5.69 Å². The molecule has 0 amide bonds. The van der Waals surface area contributed by atoms with Crippen molar-refractivity contribution < 1.29 is 39.5 Å². The van der Waals surface area contributed by atoms with Crippen molar-refractivity contribution in [3.63, 3.8) is 0 Å². The van der Waals surface area contributed by atoms with Crippen LogP contribution in [0.5, 0.6) is 0 Å². The van der Waals surface area contributed by atoms with Gasteiger partial charge in [0.25, 0.3) is 5.82 Å². The zero-order valence-corrected chi connectivity index (χ0v) is 17.4. The standard InChI is InChI=1S/C16H5Cl3F9N5/c17-7-1-5(14(20,21)22)2-8(18)10(7)33-13(31-12(32-33)16(26,27)28)30-11-9(19)3-6(4-29-11)15(23,24)25/h1-4H,(H,29,30,31,32). The van der Waals surface area contributed by atoms with Crippen molar-refractivity contribution >= 4 is 46.6 Å². The first kappa shape index (κ1) is 25.2. The molecule has 0 saturated carbocycles. The Labute approximate surface area is 192 Å². The molecule has 0 bridgehead atoms. The molecule has 0 fully saturated rings. The van der Waals surface area contributed by atoms with Crippen molar-refractivity contribution in [3.05, 3.63) is 56.4 Å². The van der Waals surface area contributed by atoms with Gasteiger partial charge < -0.3 is 5.32 Å². The molecule has 1 N–H and O–H groups in total. The number of halogens is 12. The molecule has 0 atom stereocenters. The van der Waals surface area contributed by atoms with Crippen molar-refractivity contribution in [1.82, 2.24) is 19.7 Å². The van der Waals surface area contributed by atoms with Gasteiger partial charge in [0.15, 0.2) is 5.82 Å². The van der Waals surface area contributed by atoms with E-state index in [1.807, 2.05) is 0 Å². The Morgan fingerprint density at radius 1 is 0.727 bits per heavy atom. The van der Waals surface area contributed by atoms with Crippen molar-refractivity contribution in [2.24, 2.45) is 0 Å². The molecule has 5 nitrogen and oxygen atoms in total. The van der Waals surface area contributed by atoms with E-state index in [2.05, 4.69) is 20.4 Å². The Kier molecular flexibility index (Phi) is 6.41. The van der Waals surface area contributed by atoms with E-state index < -0.39 is 68.0 Å². The second-order valence-electron chi connectivity index (χ2n) is 6.13. The van der Waals surface area contributed by atoms with Gasteiger partial charge in [0.2, 0.25) is 5.95 Å². The number of anilines is 2. The average molecular weight is 545 g/mol. The summed E-state index contributed by atoms with van der Waals surface area (Å²) in [5, 5.41) is 3.16. The summed E-state index contributed by atoms with van der Waals surface area (Å²) in [5.41, 5.74) is -3.16. The predicted molar refractivity (Wildman–Crippen MR) is 98.9 cm³/mol. The van der Waals surface area contributed by atoms with Gasteiger partial charge >= 0.3 is 18.5 Å². The first-order valence-electron chi connectivity index (χ1n) is 8.09. The number of benzene rings is 1. The summed E-state index contributed by atoms with van der Waals surface area (Å²) in [6.07, 6.45) is -14.5. The van der Waals surface area contributed by atoms with Crippen LogP contribution >= 0.6 is 34.8 Å². The average Bonchev–Trinajstić information content (AvgIpc) is 3.05. The van der Waals surface area contributed by atoms with Crippen LogP contribution < -0.4 is 5.32 Å². The molecule has 0 aliphatic carbocycles. The van der Waals surface area contributed by atoms with Gasteiger partial charge in [0, 0.05) is 6.20 Å².